The van der Waals surface area contributed by atoms with Gasteiger partial charge in [0.15, 0.2) is 11.6 Å². The smallest absolute Gasteiger partial charge is 0.290 e. The molecule has 1 aliphatic heterocycles. The van der Waals surface area contributed by atoms with Gasteiger partial charge in [-0.05, 0) is 13.3 Å². The van der Waals surface area contributed by atoms with Crippen molar-refractivity contribution in [2.45, 2.75) is 32.9 Å². The Kier molecular flexibility index (Phi) is 4.94. The van der Waals surface area contributed by atoms with E-state index < -0.39 is 0 Å². The van der Waals surface area contributed by atoms with Gasteiger partial charge in [-0.1, -0.05) is 6.92 Å². The van der Waals surface area contributed by atoms with E-state index in [0.29, 0.717) is 19.3 Å². The highest BCUT2D eigenvalue weighted by molar-refractivity contribution is 5.57. The molecule has 2 aromatic heterocycles. The van der Waals surface area contributed by atoms with Crippen LogP contribution in [0.3, 0.4) is 0 Å². The lowest BCUT2D eigenvalue weighted by atomic mass is 10.1. The summed E-state index contributed by atoms with van der Waals surface area (Å²) in [7, 11) is 0. The van der Waals surface area contributed by atoms with Crippen molar-refractivity contribution < 1.29 is 14.6 Å². The number of hydrogen-bond acceptors (Lipinski definition) is 6. The molecule has 112 valence electrons. The number of hydrogen-bond donors (Lipinski definition) is 1. The molecule has 1 atom stereocenters. The number of carbonyl (C=O) groups is 1. The summed E-state index contributed by atoms with van der Waals surface area (Å²) in [6.45, 7) is 5.08. The second-order valence-electron chi connectivity index (χ2n) is 4.51. The normalized spacial score (nSPS) is 16.6. The van der Waals surface area contributed by atoms with Crippen molar-refractivity contribution in [3.8, 4) is 11.4 Å². The number of ether oxygens (including phenoxy) is 1. The molecule has 2 aromatic rings. The lowest BCUT2D eigenvalue weighted by Gasteiger charge is -2.25. The predicted molar refractivity (Wildman–Crippen MR) is 73.5 cm³/mol. The van der Waals surface area contributed by atoms with Gasteiger partial charge in [0.1, 0.15) is 12.9 Å². The molecule has 0 fully saturated rings. The van der Waals surface area contributed by atoms with Crippen LogP contribution in [-0.4, -0.2) is 42.9 Å². The quantitative estimate of drug-likeness (QED) is 0.830. The van der Waals surface area contributed by atoms with Crippen LogP contribution in [0.5, 0.6) is 0 Å². The Bertz CT molecular complexity index is 614. The molecule has 0 amide bonds. The summed E-state index contributed by atoms with van der Waals surface area (Å²) in [5.74, 6) is 1.73. The molecule has 0 spiro atoms. The molecule has 0 radical (unpaired) electrons. The van der Waals surface area contributed by atoms with Crippen molar-refractivity contribution in [1.29, 1.82) is 0 Å². The summed E-state index contributed by atoms with van der Waals surface area (Å²) in [5, 5.41) is 15.4. The largest absolute Gasteiger partial charge is 0.483 e. The first-order valence-electron chi connectivity index (χ1n) is 6.59. The molecule has 0 saturated carbocycles. The van der Waals surface area contributed by atoms with Gasteiger partial charge in [0.25, 0.3) is 6.47 Å². The monoisotopic (exact) mass is 291 g/mol. The van der Waals surface area contributed by atoms with Crippen LogP contribution in [-0.2, 0) is 16.1 Å². The molecule has 0 aliphatic carbocycles. The second-order valence-corrected chi connectivity index (χ2v) is 4.51. The first-order chi connectivity index (χ1) is 10.2. The fourth-order valence-corrected chi connectivity index (χ4v) is 2.26. The Morgan fingerprint density at radius 2 is 2.29 bits per heavy atom. The third-order valence-electron chi connectivity index (χ3n) is 3.30. The van der Waals surface area contributed by atoms with Crippen molar-refractivity contribution in [1.82, 2.24) is 24.7 Å². The minimum Gasteiger partial charge on any atom is -0.483 e. The zero-order valence-electron chi connectivity index (χ0n) is 11.9. The van der Waals surface area contributed by atoms with Crippen LogP contribution in [0.1, 0.15) is 30.9 Å². The number of rotatable bonds is 2. The summed E-state index contributed by atoms with van der Waals surface area (Å²) in [5.41, 5.74) is 1.86. The van der Waals surface area contributed by atoms with Crippen LogP contribution in [0.25, 0.3) is 11.4 Å². The lowest BCUT2D eigenvalue weighted by Crippen LogP contribution is -2.24. The molecule has 1 aliphatic rings. The Labute approximate surface area is 121 Å². The van der Waals surface area contributed by atoms with E-state index in [2.05, 4.69) is 31.7 Å². The summed E-state index contributed by atoms with van der Waals surface area (Å²) in [6.07, 6.45) is 4.33. The lowest BCUT2D eigenvalue weighted by molar-refractivity contribution is -0.122. The van der Waals surface area contributed by atoms with E-state index in [1.165, 1.54) is 0 Å². The highest BCUT2D eigenvalue weighted by atomic mass is 16.5. The maximum atomic E-state index is 8.36. The van der Waals surface area contributed by atoms with E-state index in [0.717, 1.165) is 29.3 Å². The molecule has 0 bridgehead atoms. The van der Waals surface area contributed by atoms with Crippen LogP contribution in [0, 0.1) is 6.92 Å². The molecule has 8 heteroatoms. The molecular weight excluding hydrogens is 274 g/mol. The van der Waals surface area contributed by atoms with Gasteiger partial charge in [-0.2, -0.15) is 0 Å². The van der Waals surface area contributed by atoms with Crippen molar-refractivity contribution >= 4 is 6.47 Å². The number of aryl methyl sites for hydroxylation is 1. The predicted octanol–water partition coefficient (Wildman–Crippen LogP) is 1.23. The molecule has 8 nitrogen and oxygen atoms in total. The fraction of sp³-hybridized carbons (Fsp3) is 0.462. The molecule has 21 heavy (non-hydrogen) atoms. The minimum absolute atomic E-state index is 0.250. The highest BCUT2D eigenvalue weighted by Crippen LogP contribution is 2.28. The first kappa shape index (κ1) is 15.0. The van der Waals surface area contributed by atoms with Gasteiger partial charge >= 0.3 is 0 Å². The standard InChI is InChI=1S/C12H15N5O.CH2O2/c1-3-9-5-18-6-11-15-16-12(17(9)11)10-4-13-7-14-8(10)2;2-1-3/h4,7,9H,3,5-6H2,1-2H3;1H,(H,2,3). The van der Waals surface area contributed by atoms with Crippen molar-refractivity contribution in [2.24, 2.45) is 0 Å². The molecular formula is C13H17N5O3. The zero-order valence-corrected chi connectivity index (χ0v) is 11.9. The van der Waals surface area contributed by atoms with Gasteiger partial charge in [-0.25, -0.2) is 9.97 Å². The molecule has 1 unspecified atom stereocenters. The molecule has 0 saturated heterocycles. The SMILES string of the molecule is CCC1COCc2nnc(-c3cncnc3C)n21.O=CO. The van der Waals surface area contributed by atoms with Crippen LogP contribution < -0.4 is 0 Å². The van der Waals surface area contributed by atoms with E-state index in [1.807, 2.05) is 6.92 Å². The van der Waals surface area contributed by atoms with Gasteiger partial charge in [-0.3, -0.25) is 4.79 Å². The van der Waals surface area contributed by atoms with Gasteiger partial charge < -0.3 is 14.4 Å². The van der Waals surface area contributed by atoms with Gasteiger partial charge in [0.05, 0.1) is 23.9 Å². The summed E-state index contributed by atoms with van der Waals surface area (Å²) < 4.78 is 7.69. The van der Waals surface area contributed by atoms with Crippen LogP contribution in [0.2, 0.25) is 0 Å². The minimum atomic E-state index is -0.250. The second kappa shape index (κ2) is 6.89. The maximum absolute atomic E-state index is 8.36. The highest BCUT2D eigenvalue weighted by Gasteiger charge is 2.25. The van der Waals surface area contributed by atoms with Gasteiger partial charge in [0, 0.05) is 6.20 Å². The Morgan fingerprint density at radius 3 is 2.95 bits per heavy atom. The van der Waals surface area contributed by atoms with E-state index in [9.17, 15) is 0 Å². The summed E-state index contributed by atoms with van der Waals surface area (Å²) in [4.78, 5) is 16.7. The van der Waals surface area contributed by atoms with Crippen LogP contribution in [0.15, 0.2) is 12.5 Å². The Hall–Kier alpha value is -2.35. The summed E-state index contributed by atoms with van der Waals surface area (Å²) in [6, 6.07) is 0.290. The van der Waals surface area contributed by atoms with Crippen molar-refractivity contribution in [3.63, 3.8) is 0 Å². The number of carboxylic acid groups (broad SMARTS) is 1. The molecule has 3 heterocycles. The van der Waals surface area contributed by atoms with E-state index in [-0.39, 0.29) is 6.47 Å². The number of aromatic nitrogens is 5. The fourth-order valence-electron chi connectivity index (χ4n) is 2.26. The topological polar surface area (TPSA) is 103 Å². The van der Waals surface area contributed by atoms with E-state index >= 15 is 0 Å². The van der Waals surface area contributed by atoms with Gasteiger partial charge in [0.2, 0.25) is 0 Å². The average molecular weight is 291 g/mol. The number of fused-ring (bicyclic) bond motifs is 1. The number of nitrogens with zero attached hydrogens (tertiary/aromatic N) is 5. The first-order valence-corrected chi connectivity index (χ1v) is 6.59. The van der Waals surface area contributed by atoms with Crippen LogP contribution in [0.4, 0.5) is 0 Å². The third-order valence-corrected chi connectivity index (χ3v) is 3.30. The van der Waals surface area contributed by atoms with Crippen LogP contribution >= 0.6 is 0 Å². The Morgan fingerprint density at radius 1 is 1.52 bits per heavy atom. The zero-order chi connectivity index (χ0) is 15.2. The van der Waals surface area contributed by atoms with Crippen molar-refractivity contribution in [3.05, 3.63) is 24.0 Å². The van der Waals surface area contributed by atoms with Gasteiger partial charge in [-0.15, -0.1) is 10.2 Å². The Balaban J connectivity index is 0.000000497. The average Bonchev–Trinajstić information content (AvgIpc) is 2.92. The summed E-state index contributed by atoms with van der Waals surface area (Å²) >= 11 is 0. The molecule has 1 N–H and O–H groups in total. The molecule has 0 aromatic carbocycles. The molecule has 3 rings (SSSR count). The van der Waals surface area contributed by atoms with E-state index in [1.54, 1.807) is 12.5 Å². The third kappa shape index (κ3) is 3.05. The van der Waals surface area contributed by atoms with Crippen molar-refractivity contribution in [2.75, 3.05) is 6.61 Å². The van der Waals surface area contributed by atoms with E-state index in [4.69, 9.17) is 14.6 Å². The maximum Gasteiger partial charge on any atom is 0.290 e.